The molecule has 9 heteroatoms. The fraction of sp³-hybridized carbons (Fsp3) is 0.667. The summed E-state index contributed by atoms with van der Waals surface area (Å²) in [6, 6.07) is 7.59. The van der Waals surface area contributed by atoms with Crippen molar-refractivity contribution in [2.75, 3.05) is 47.0 Å². The zero-order valence-electron chi connectivity index (χ0n) is 18.8. The van der Waals surface area contributed by atoms with Crippen molar-refractivity contribution in [2.45, 2.75) is 39.2 Å². The summed E-state index contributed by atoms with van der Waals surface area (Å²) in [5.41, 5.74) is 1.72. The number of morpholine rings is 1. The zero-order valence-corrected chi connectivity index (χ0v) is 19.6. The van der Waals surface area contributed by atoms with E-state index in [9.17, 15) is 8.42 Å². The van der Waals surface area contributed by atoms with E-state index in [1.54, 1.807) is 14.2 Å². The quantitative estimate of drug-likeness (QED) is 0.471. The lowest BCUT2D eigenvalue weighted by molar-refractivity contribution is 0.0205. The predicted molar refractivity (Wildman–Crippen MR) is 120 cm³/mol. The molecule has 2 rings (SSSR count). The van der Waals surface area contributed by atoms with Crippen molar-refractivity contribution in [1.82, 2.24) is 14.9 Å². The average Bonchev–Trinajstić information content (AvgIpc) is 2.71. The van der Waals surface area contributed by atoms with Crippen LogP contribution in [0.2, 0.25) is 0 Å². The van der Waals surface area contributed by atoms with Gasteiger partial charge in [0.1, 0.15) is 0 Å². The third kappa shape index (κ3) is 7.23. The fourth-order valence-electron chi connectivity index (χ4n) is 3.32. The van der Waals surface area contributed by atoms with Gasteiger partial charge in [-0.1, -0.05) is 45.0 Å². The fourth-order valence-corrected chi connectivity index (χ4v) is 4.88. The van der Waals surface area contributed by atoms with Crippen molar-refractivity contribution in [3.8, 4) is 0 Å². The molecule has 0 amide bonds. The summed E-state index contributed by atoms with van der Waals surface area (Å²) < 4.78 is 38.0. The molecule has 1 heterocycles. The van der Waals surface area contributed by atoms with Crippen molar-refractivity contribution in [1.29, 1.82) is 0 Å². The molecule has 8 nitrogen and oxygen atoms in total. The van der Waals surface area contributed by atoms with Gasteiger partial charge in [0.05, 0.1) is 25.1 Å². The molecule has 1 aromatic rings. The van der Waals surface area contributed by atoms with Gasteiger partial charge in [0.2, 0.25) is 10.0 Å². The Kier molecular flexibility index (Phi) is 9.09. The van der Waals surface area contributed by atoms with Crippen LogP contribution in [0.1, 0.15) is 31.9 Å². The summed E-state index contributed by atoms with van der Waals surface area (Å²) >= 11 is 0. The largest absolute Gasteiger partial charge is 0.379 e. The minimum atomic E-state index is -3.38. The predicted octanol–water partition coefficient (Wildman–Crippen LogP) is 1.57. The molecule has 0 bridgehead atoms. The van der Waals surface area contributed by atoms with Gasteiger partial charge in [-0.05, 0) is 16.5 Å². The van der Waals surface area contributed by atoms with E-state index in [0.29, 0.717) is 45.4 Å². The first kappa shape index (κ1) is 24.6. The van der Waals surface area contributed by atoms with Crippen LogP contribution in [0.4, 0.5) is 0 Å². The van der Waals surface area contributed by atoms with Gasteiger partial charge in [-0.15, -0.1) is 0 Å². The Morgan fingerprint density at radius 2 is 1.83 bits per heavy atom. The lowest BCUT2D eigenvalue weighted by Crippen LogP contribution is -2.45. The molecule has 1 saturated heterocycles. The lowest BCUT2D eigenvalue weighted by Gasteiger charge is -2.30. The Labute approximate surface area is 181 Å². The van der Waals surface area contributed by atoms with Crippen molar-refractivity contribution < 1.29 is 17.9 Å². The van der Waals surface area contributed by atoms with Crippen molar-refractivity contribution in [3.63, 3.8) is 0 Å². The first-order chi connectivity index (χ1) is 14.2. The Morgan fingerprint density at radius 1 is 1.20 bits per heavy atom. The SMILES string of the molecule is CN=C(NCc1ccccc1CS(=O)(=O)N1CCOCC1)NCC(OC)C(C)(C)C. The number of hydrogen-bond donors (Lipinski definition) is 2. The van der Waals surface area contributed by atoms with Gasteiger partial charge in [0, 0.05) is 40.3 Å². The second kappa shape index (κ2) is 11.1. The molecule has 1 atom stereocenters. The first-order valence-electron chi connectivity index (χ1n) is 10.3. The highest BCUT2D eigenvalue weighted by atomic mass is 32.2. The number of aliphatic imine (C=N–C) groups is 1. The van der Waals surface area contributed by atoms with Gasteiger partial charge < -0.3 is 20.1 Å². The summed E-state index contributed by atoms with van der Waals surface area (Å²) in [6.45, 7) is 9.19. The maximum absolute atomic E-state index is 12.8. The van der Waals surface area contributed by atoms with E-state index in [1.807, 2.05) is 24.3 Å². The Hall–Kier alpha value is -1.68. The third-order valence-corrected chi connectivity index (χ3v) is 7.02. The molecular weight excluding hydrogens is 404 g/mol. The van der Waals surface area contributed by atoms with Crippen LogP contribution in [-0.4, -0.2) is 71.8 Å². The van der Waals surface area contributed by atoms with E-state index < -0.39 is 10.0 Å². The summed E-state index contributed by atoms with van der Waals surface area (Å²) in [5.74, 6) is 0.624. The van der Waals surface area contributed by atoms with Gasteiger partial charge in [-0.25, -0.2) is 8.42 Å². The van der Waals surface area contributed by atoms with Crippen molar-refractivity contribution >= 4 is 16.0 Å². The number of benzene rings is 1. The van der Waals surface area contributed by atoms with Gasteiger partial charge in [-0.2, -0.15) is 4.31 Å². The zero-order chi connectivity index (χ0) is 22.2. The molecule has 0 aromatic heterocycles. The first-order valence-corrected chi connectivity index (χ1v) is 11.9. The number of methoxy groups -OCH3 is 1. The molecule has 1 fully saturated rings. The second-order valence-electron chi connectivity index (χ2n) is 8.43. The number of nitrogens with zero attached hydrogens (tertiary/aromatic N) is 2. The Balaban J connectivity index is 2.00. The van der Waals surface area contributed by atoms with Crippen molar-refractivity contribution in [2.24, 2.45) is 10.4 Å². The highest BCUT2D eigenvalue weighted by Crippen LogP contribution is 2.21. The molecule has 1 unspecified atom stereocenters. The van der Waals surface area contributed by atoms with Gasteiger partial charge in [0.25, 0.3) is 0 Å². The molecule has 0 radical (unpaired) electrons. The van der Waals surface area contributed by atoms with E-state index in [-0.39, 0.29) is 17.3 Å². The average molecular weight is 441 g/mol. The van der Waals surface area contributed by atoms with E-state index >= 15 is 0 Å². The number of sulfonamides is 1. The standard InChI is InChI=1S/C21H36N4O4S/c1-21(2,3)19(28-5)15-24-20(22-4)23-14-17-8-6-7-9-18(17)16-30(26,27)25-10-12-29-13-11-25/h6-9,19H,10-16H2,1-5H3,(H2,22,23,24). The number of nitrogens with one attached hydrogen (secondary N) is 2. The molecular formula is C21H36N4O4S. The van der Waals surface area contributed by atoms with E-state index in [2.05, 4.69) is 36.4 Å². The van der Waals surface area contributed by atoms with Gasteiger partial charge in [-0.3, -0.25) is 4.99 Å². The second-order valence-corrected chi connectivity index (χ2v) is 10.4. The van der Waals surface area contributed by atoms with Crippen LogP contribution < -0.4 is 10.6 Å². The van der Waals surface area contributed by atoms with E-state index in [1.165, 1.54) is 4.31 Å². The molecule has 0 saturated carbocycles. The maximum Gasteiger partial charge on any atom is 0.218 e. The lowest BCUT2D eigenvalue weighted by atomic mass is 9.89. The smallest absolute Gasteiger partial charge is 0.218 e. The topological polar surface area (TPSA) is 92.3 Å². The number of ether oxygens (including phenoxy) is 2. The van der Waals surface area contributed by atoms with E-state index in [4.69, 9.17) is 9.47 Å². The van der Waals surface area contributed by atoms with Crippen LogP contribution in [-0.2, 0) is 31.8 Å². The highest BCUT2D eigenvalue weighted by Gasteiger charge is 2.26. The molecule has 0 aliphatic carbocycles. The number of hydrogen-bond acceptors (Lipinski definition) is 5. The van der Waals surface area contributed by atoms with Crippen molar-refractivity contribution in [3.05, 3.63) is 35.4 Å². The Morgan fingerprint density at radius 3 is 2.40 bits per heavy atom. The van der Waals surface area contributed by atoms with Crippen LogP contribution in [0.3, 0.4) is 0 Å². The highest BCUT2D eigenvalue weighted by molar-refractivity contribution is 7.88. The molecule has 1 aromatic carbocycles. The minimum absolute atomic E-state index is 0.00104. The number of rotatable bonds is 8. The molecule has 1 aliphatic heterocycles. The van der Waals surface area contributed by atoms with Crippen LogP contribution in [0, 0.1) is 5.41 Å². The molecule has 30 heavy (non-hydrogen) atoms. The molecule has 2 N–H and O–H groups in total. The third-order valence-electron chi connectivity index (χ3n) is 5.19. The summed E-state index contributed by atoms with van der Waals surface area (Å²) in [6.07, 6.45) is 0.0296. The molecule has 1 aliphatic rings. The van der Waals surface area contributed by atoms with Crippen LogP contribution in [0.5, 0.6) is 0 Å². The monoisotopic (exact) mass is 440 g/mol. The molecule has 0 spiro atoms. The number of guanidine groups is 1. The molecule has 170 valence electrons. The Bertz CT molecular complexity index is 799. The summed E-state index contributed by atoms with van der Waals surface area (Å²) in [5, 5.41) is 6.57. The minimum Gasteiger partial charge on any atom is -0.379 e. The van der Waals surface area contributed by atoms with E-state index in [0.717, 1.165) is 11.1 Å². The van der Waals surface area contributed by atoms with Crippen LogP contribution in [0.25, 0.3) is 0 Å². The van der Waals surface area contributed by atoms with Gasteiger partial charge >= 0.3 is 0 Å². The normalized spacial score (nSPS) is 17.6. The summed E-state index contributed by atoms with van der Waals surface area (Å²) in [7, 11) is 0.0375. The van der Waals surface area contributed by atoms with Crippen LogP contribution >= 0.6 is 0 Å². The van der Waals surface area contributed by atoms with Crippen LogP contribution in [0.15, 0.2) is 29.3 Å². The van der Waals surface area contributed by atoms with Gasteiger partial charge in [0.15, 0.2) is 5.96 Å². The maximum atomic E-state index is 12.8. The summed E-state index contributed by atoms with van der Waals surface area (Å²) in [4.78, 5) is 4.27.